The van der Waals surface area contributed by atoms with Crippen molar-refractivity contribution in [2.24, 2.45) is 10.8 Å². The number of hydrogen-bond acceptors (Lipinski definition) is 2. The molecule has 0 unspecified atom stereocenters. The minimum absolute atomic E-state index is 0.414. The Kier molecular flexibility index (Phi) is 2.42. The van der Waals surface area contributed by atoms with E-state index < -0.39 is 0 Å². The second kappa shape index (κ2) is 3.34. The van der Waals surface area contributed by atoms with Gasteiger partial charge in [-0.25, -0.2) is 0 Å². The second-order valence-corrected chi connectivity index (χ2v) is 5.79. The lowest BCUT2D eigenvalue weighted by molar-refractivity contribution is -0.109. The van der Waals surface area contributed by atoms with E-state index in [2.05, 4.69) is 19.0 Å². The molecule has 2 fully saturated rings. The summed E-state index contributed by atoms with van der Waals surface area (Å²) in [5.74, 6) is 0. The molecule has 14 heavy (non-hydrogen) atoms. The monoisotopic (exact) mass is 195 g/mol. The summed E-state index contributed by atoms with van der Waals surface area (Å²) in [6.45, 7) is 1.22. The van der Waals surface area contributed by atoms with Gasteiger partial charge in [0.1, 0.15) is 6.29 Å². The summed E-state index contributed by atoms with van der Waals surface area (Å²) in [5, 5.41) is 0. The van der Waals surface area contributed by atoms with Crippen molar-refractivity contribution in [2.45, 2.75) is 38.5 Å². The minimum Gasteiger partial charge on any atom is -0.309 e. The predicted octanol–water partition coefficient (Wildman–Crippen LogP) is 2.09. The molecule has 0 atom stereocenters. The Morgan fingerprint density at radius 2 is 1.71 bits per heavy atom. The largest absolute Gasteiger partial charge is 0.309 e. The normalized spacial score (nSPS) is 40.8. The van der Waals surface area contributed by atoms with Crippen LogP contribution in [0.1, 0.15) is 38.5 Å². The van der Waals surface area contributed by atoms with Crippen molar-refractivity contribution in [3.8, 4) is 0 Å². The first-order valence-electron chi connectivity index (χ1n) is 5.68. The molecule has 80 valence electrons. The summed E-state index contributed by atoms with van der Waals surface area (Å²) in [6.07, 6.45) is 8.52. The molecule has 2 heteroatoms. The lowest BCUT2D eigenvalue weighted by atomic mass is 9.80. The van der Waals surface area contributed by atoms with E-state index in [0.29, 0.717) is 10.8 Å². The standard InChI is InChI=1S/C12H21NO/c1-13(2)10-12-5-3-11(9-12,4-6-12)7-8-14/h8H,3-7,9-10H2,1-2H3. The molecule has 2 aliphatic rings. The van der Waals surface area contributed by atoms with Crippen molar-refractivity contribution < 1.29 is 4.79 Å². The van der Waals surface area contributed by atoms with E-state index in [0.717, 1.165) is 12.7 Å². The quantitative estimate of drug-likeness (QED) is 0.640. The van der Waals surface area contributed by atoms with Crippen LogP contribution >= 0.6 is 0 Å². The van der Waals surface area contributed by atoms with Gasteiger partial charge < -0.3 is 9.69 Å². The molecule has 2 aliphatic carbocycles. The Hall–Kier alpha value is -0.370. The van der Waals surface area contributed by atoms with Gasteiger partial charge in [-0.15, -0.1) is 0 Å². The van der Waals surface area contributed by atoms with E-state index >= 15 is 0 Å². The molecule has 0 saturated heterocycles. The van der Waals surface area contributed by atoms with E-state index in [1.807, 2.05) is 0 Å². The van der Waals surface area contributed by atoms with Crippen LogP contribution in [0.4, 0.5) is 0 Å². The van der Waals surface area contributed by atoms with Crippen molar-refractivity contribution in [3.05, 3.63) is 0 Å². The number of carbonyl (C=O) groups is 1. The van der Waals surface area contributed by atoms with Gasteiger partial charge in [0.15, 0.2) is 0 Å². The van der Waals surface area contributed by atoms with Crippen molar-refractivity contribution in [1.82, 2.24) is 4.90 Å². The van der Waals surface area contributed by atoms with Gasteiger partial charge in [0.25, 0.3) is 0 Å². The lowest BCUT2D eigenvalue weighted by Gasteiger charge is -2.29. The Morgan fingerprint density at radius 1 is 1.14 bits per heavy atom. The molecule has 2 rings (SSSR count). The molecule has 0 amide bonds. The third kappa shape index (κ3) is 1.60. The number of nitrogens with zero attached hydrogens (tertiary/aromatic N) is 1. The van der Waals surface area contributed by atoms with Crippen molar-refractivity contribution in [2.75, 3.05) is 20.6 Å². The molecule has 0 spiro atoms. The molecule has 2 saturated carbocycles. The highest BCUT2D eigenvalue weighted by atomic mass is 16.1. The fourth-order valence-corrected chi connectivity index (χ4v) is 3.80. The molecule has 2 nitrogen and oxygen atoms in total. The zero-order valence-electron chi connectivity index (χ0n) is 9.38. The van der Waals surface area contributed by atoms with Crippen LogP contribution in [0.15, 0.2) is 0 Å². The molecule has 0 aromatic rings. The molecule has 0 heterocycles. The zero-order chi connectivity index (χ0) is 10.2. The molecular weight excluding hydrogens is 174 g/mol. The first-order chi connectivity index (χ1) is 6.60. The Bertz CT molecular complexity index is 226. The number of hydrogen-bond donors (Lipinski definition) is 0. The molecular formula is C12H21NO. The second-order valence-electron chi connectivity index (χ2n) is 5.79. The van der Waals surface area contributed by atoms with E-state index in [4.69, 9.17) is 0 Å². The number of carbonyl (C=O) groups excluding carboxylic acids is 1. The molecule has 0 aliphatic heterocycles. The highest BCUT2D eigenvalue weighted by Gasteiger charge is 2.53. The van der Waals surface area contributed by atoms with Gasteiger partial charge in [-0.1, -0.05) is 0 Å². The van der Waals surface area contributed by atoms with Gasteiger partial charge in [0.05, 0.1) is 0 Å². The van der Waals surface area contributed by atoms with Crippen molar-refractivity contribution >= 4 is 6.29 Å². The number of fused-ring (bicyclic) bond motifs is 2. The Morgan fingerprint density at radius 3 is 2.21 bits per heavy atom. The third-order valence-corrected chi connectivity index (χ3v) is 4.29. The van der Waals surface area contributed by atoms with Crippen LogP contribution in [0.5, 0.6) is 0 Å². The van der Waals surface area contributed by atoms with Crippen LogP contribution in [-0.2, 0) is 4.79 Å². The fourth-order valence-electron chi connectivity index (χ4n) is 3.80. The third-order valence-electron chi connectivity index (χ3n) is 4.29. The van der Waals surface area contributed by atoms with E-state index in [1.54, 1.807) is 0 Å². The summed E-state index contributed by atoms with van der Waals surface area (Å²) in [5.41, 5.74) is 0.976. The Balaban J connectivity index is 2.04. The molecule has 0 aromatic carbocycles. The smallest absolute Gasteiger partial charge is 0.120 e. The summed E-state index contributed by atoms with van der Waals surface area (Å²) >= 11 is 0. The van der Waals surface area contributed by atoms with Gasteiger partial charge in [0.2, 0.25) is 0 Å². The van der Waals surface area contributed by atoms with Gasteiger partial charge in [0, 0.05) is 13.0 Å². The maximum atomic E-state index is 10.7. The number of rotatable bonds is 4. The summed E-state index contributed by atoms with van der Waals surface area (Å²) < 4.78 is 0. The number of aldehydes is 1. The summed E-state index contributed by atoms with van der Waals surface area (Å²) in [4.78, 5) is 13.0. The molecule has 0 N–H and O–H groups in total. The predicted molar refractivity (Wildman–Crippen MR) is 57.2 cm³/mol. The average Bonchev–Trinajstić information content (AvgIpc) is 2.58. The summed E-state index contributed by atoms with van der Waals surface area (Å²) in [6, 6.07) is 0. The highest BCUT2D eigenvalue weighted by Crippen LogP contribution is 2.62. The first kappa shape index (κ1) is 10.2. The van der Waals surface area contributed by atoms with E-state index in [9.17, 15) is 4.79 Å². The first-order valence-corrected chi connectivity index (χ1v) is 5.68. The van der Waals surface area contributed by atoms with Crippen LogP contribution in [0, 0.1) is 10.8 Å². The van der Waals surface area contributed by atoms with Gasteiger partial charge in [-0.05, 0) is 57.0 Å². The average molecular weight is 195 g/mol. The van der Waals surface area contributed by atoms with Gasteiger partial charge in [-0.3, -0.25) is 0 Å². The molecule has 0 aromatic heterocycles. The topological polar surface area (TPSA) is 20.3 Å². The Labute approximate surface area is 86.7 Å². The SMILES string of the molecule is CN(C)CC12CCC(CC=O)(CC1)C2. The lowest BCUT2D eigenvalue weighted by Crippen LogP contribution is -2.29. The van der Waals surface area contributed by atoms with Crippen LogP contribution in [0.3, 0.4) is 0 Å². The maximum Gasteiger partial charge on any atom is 0.120 e. The molecule has 0 radical (unpaired) electrons. The fraction of sp³-hybridized carbons (Fsp3) is 0.917. The summed E-state index contributed by atoms with van der Waals surface area (Å²) in [7, 11) is 4.32. The minimum atomic E-state index is 0.414. The van der Waals surface area contributed by atoms with Crippen molar-refractivity contribution in [1.29, 1.82) is 0 Å². The van der Waals surface area contributed by atoms with Crippen LogP contribution in [0.2, 0.25) is 0 Å². The van der Waals surface area contributed by atoms with Crippen molar-refractivity contribution in [3.63, 3.8) is 0 Å². The van der Waals surface area contributed by atoms with Crippen LogP contribution < -0.4 is 0 Å². The van der Waals surface area contributed by atoms with Gasteiger partial charge in [-0.2, -0.15) is 0 Å². The van der Waals surface area contributed by atoms with Crippen LogP contribution in [-0.4, -0.2) is 31.8 Å². The van der Waals surface area contributed by atoms with E-state index in [1.165, 1.54) is 38.6 Å². The molecule has 2 bridgehead atoms. The maximum absolute atomic E-state index is 10.7. The van der Waals surface area contributed by atoms with Gasteiger partial charge >= 0.3 is 0 Å². The highest BCUT2D eigenvalue weighted by molar-refractivity contribution is 5.51. The zero-order valence-corrected chi connectivity index (χ0v) is 9.38. The van der Waals surface area contributed by atoms with Crippen LogP contribution in [0.25, 0.3) is 0 Å². The van der Waals surface area contributed by atoms with E-state index in [-0.39, 0.29) is 0 Å².